The summed E-state index contributed by atoms with van der Waals surface area (Å²) in [4.78, 5) is 28.6. The highest BCUT2D eigenvalue weighted by Crippen LogP contribution is 2.41. The van der Waals surface area contributed by atoms with E-state index in [1.165, 1.54) is 4.90 Å². The summed E-state index contributed by atoms with van der Waals surface area (Å²) in [5, 5.41) is 11.8. The van der Waals surface area contributed by atoms with E-state index in [0.717, 1.165) is 10.9 Å². The number of hydrogen-bond acceptors (Lipinski definition) is 6. The van der Waals surface area contributed by atoms with E-state index in [9.17, 15) is 14.7 Å². The molecule has 1 atom stereocenters. The molecular formula is C30H27NO6. The van der Waals surface area contributed by atoms with E-state index in [-0.39, 0.29) is 24.0 Å². The van der Waals surface area contributed by atoms with Gasteiger partial charge in [-0.2, -0.15) is 0 Å². The largest absolute Gasteiger partial charge is 0.503 e. The van der Waals surface area contributed by atoms with Crippen LogP contribution in [0.2, 0.25) is 0 Å². The molecule has 0 saturated heterocycles. The predicted octanol–water partition coefficient (Wildman–Crippen LogP) is 6.01. The Morgan fingerprint density at radius 1 is 1.00 bits per heavy atom. The molecule has 0 saturated carbocycles. The molecule has 0 fully saturated rings. The molecule has 3 aromatic carbocycles. The highest BCUT2D eigenvalue weighted by Gasteiger charge is 2.44. The average molecular weight is 498 g/mol. The average Bonchev–Trinajstić information content (AvgIpc) is 3.43. The minimum absolute atomic E-state index is 0.00746. The second kappa shape index (κ2) is 9.85. The van der Waals surface area contributed by atoms with Crippen molar-refractivity contribution in [3.05, 3.63) is 107 Å². The zero-order chi connectivity index (χ0) is 26.1. The van der Waals surface area contributed by atoms with Gasteiger partial charge in [0.25, 0.3) is 5.91 Å². The lowest BCUT2D eigenvalue weighted by Crippen LogP contribution is -2.30. The fourth-order valence-corrected chi connectivity index (χ4v) is 4.62. The zero-order valence-corrected chi connectivity index (χ0v) is 20.8. The predicted molar refractivity (Wildman–Crippen MR) is 139 cm³/mol. The monoisotopic (exact) mass is 497 g/mol. The summed E-state index contributed by atoms with van der Waals surface area (Å²) >= 11 is 0. The van der Waals surface area contributed by atoms with Gasteiger partial charge in [0, 0.05) is 11.9 Å². The number of ether oxygens (including phenoxy) is 2. The van der Waals surface area contributed by atoms with Crippen LogP contribution in [0.3, 0.4) is 0 Å². The number of benzene rings is 3. The summed E-state index contributed by atoms with van der Waals surface area (Å²) in [6, 6.07) is 22.6. The van der Waals surface area contributed by atoms with Gasteiger partial charge in [-0.25, -0.2) is 0 Å². The summed E-state index contributed by atoms with van der Waals surface area (Å²) in [6.07, 6.45) is -0.00746. The topological polar surface area (TPSA) is 89.2 Å². The molecule has 1 N–H and O–H groups in total. The Hall–Kier alpha value is -4.52. The second-order valence-corrected chi connectivity index (χ2v) is 9.17. The SMILES string of the molecule is COc1cccc(C2C(C(=O)c3cc4ccccc4o3)=C(O)C(=O)N2Cc2cccc(OC(C)C)c2)c1. The van der Waals surface area contributed by atoms with Crippen molar-refractivity contribution < 1.29 is 28.6 Å². The van der Waals surface area contributed by atoms with Crippen LogP contribution in [-0.4, -0.2) is 34.9 Å². The van der Waals surface area contributed by atoms with Crippen LogP contribution in [0.15, 0.2) is 94.6 Å². The molecule has 0 aliphatic carbocycles. The number of para-hydroxylation sites is 1. The van der Waals surface area contributed by atoms with Crippen molar-refractivity contribution in [1.82, 2.24) is 4.90 Å². The van der Waals surface area contributed by atoms with Gasteiger partial charge in [0.15, 0.2) is 11.5 Å². The number of amides is 1. The number of carbonyl (C=O) groups excluding carboxylic acids is 2. The Balaban J connectivity index is 1.57. The van der Waals surface area contributed by atoms with E-state index in [2.05, 4.69) is 0 Å². The number of Topliss-reactive ketones (excluding diaryl/α,β-unsaturated/α-hetero) is 1. The highest BCUT2D eigenvalue weighted by molar-refractivity contribution is 6.16. The summed E-state index contributed by atoms with van der Waals surface area (Å²) in [5.41, 5.74) is 1.94. The molecule has 37 heavy (non-hydrogen) atoms. The Bertz CT molecular complexity index is 1480. The third kappa shape index (κ3) is 4.68. The van der Waals surface area contributed by atoms with Gasteiger partial charge in [-0.1, -0.05) is 42.5 Å². The van der Waals surface area contributed by atoms with Gasteiger partial charge in [0.2, 0.25) is 5.78 Å². The van der Waals surface area contributed by atoms with Crippen LogP contribution in [0.1, 0.15) is 41.6 Å². The molecule has 1 aliphatic rings. The van der Waals surface area contributed by atoms with E-state index >= 15 is 0 Å². The molecular weight excluding hydrogens is 470 g/mol. The van der Waals surface area contributed by atoms with E-state index in [0.29, 0.717) is 22.6 Å². The van der Waals surface area contributed by atoms with Crippen LogP contribution in [0, 0.1) is 0 Å². The molecule has 1 aromatic heterocycles. The molecule has 0 spiro atoms. The van der Waals surface area contributed by atoms with Crippen molar-refractivity contribution in [3.8, 4) is 11.5 Å². The maximum atomic E-state index is 13.7. The lowest BCUT2D eigenvalue weighted by molar-refractivity contribution is -0.130. The minimum atomic E-state index is -0.849. The Labute approximate surface area is 214 Å². The van der Waals surface area contributed by atoms with Crippen LogP contribution in [0.4, 0.5) is 0 Å². The number of aliphatic hydroxyl groups is 1. The maximum Gasteiger partial charge on any atom is 0.290 e. The van der Waals surface area contributed by atoms with E-state index in [4.69, 9.17) is 13.9 Å². The lowest BCUT2D eigenvalue weighted by Gasteiger charge is -2.27. The van der Waals surface area contributed by atoms with Crippen LogP contribution in [0.5, 0.6) is 11.5 Å². The molecule has 0 radical (unpaired) electrons. The molecule has 7 heteroatoms. The Morgan fingerprint density at radius 2 is 1.76 bits per heavy atom. The summed E-state index contributed by atoms with van der Waals surface area (Å²) in [7, 11) is 1.55. The standard InChI is InChI=1S/C30H27NO6/c1-18(2)36-23-12-6-8-19(14-23)17-31-27(21-10-7-11-22(15-21)35-3)26(29(33)30(31)34)28(32)25-16-20-9-4-5-13-24(20)37-25/h4-16,18,27,33H,17H2,1-3H3. The van der Waals surface area contributed by atoms with Gasteiger partial charge in [-0.15, -0.1) is 0 Å². The lowest BCUT2D eigenvalue weighted by atomic mass is 9.94. The number of ketones is 1. The fourth-order valence-electron chi connectivity index (χ4n) is 4.62. The number of hydrogen-bond donors (Lipinski definition) is 1. The first kappa shape index (κ1) is 24.2. The third-order valence-corrected chi connectivity index (χ3v) is 6.23. The van der Waals surface area contributed by atoms with Crippen LogP contribution in [0.25, 0.3) is 11.0 Å². The number of nitrogens with zero attached hydrogens (tertiary/aromatic N) is 1. The first-order chi connectivity index (χ1) is 17.9. The molecule has 188 valence electrons. The van der Waals surface area contributed by atoms with Crippen molar-refractivity contribution in [2.75, 3.05) is 7.11 Å². The molecule has 2 heterocycles. The van der Waals surface area contributed by atoms with Crippen molar-refractivity contribution in [3.63, 3.8) is 0 Å². The zero-order valence-electron chi connectivity index (χ0n) is 20.8. The van der Waals surface area contributed by atoms with Gasteiger partial charge >= 0.3 is 0 Å². The first-order valence-corrected chi connectivity index (χ1v) is 12.0. The molecule has 4 aromatic rings. The summed E-state index contributed by atoms with van der Waals surface area (Å²) < 4.78 is 17.0. The highest BCUT2D eigenvalue weighted by atomic mass is 16.5. The van der Waals surface area contributed by atoms with Crippen LogP contribution >= 0.6 is 0 Å². The van der Waals surface area contributed by atoms with Crippen molar-refractivity contribution in [2.24, 2.45) is 0 Å². The van der Waals surface area contributed by atoms with Gasteiger partial charge in [-0.3, -0.25) is 9.59 Å². The van der Waals surface area contributed by atoms with Crippen molar-refractivity contribution >= 4 is 22.7 Å². The molecule has 1 amide bonds. The summed E-state index contributed by atoms with van der Waals surface area (Å²) in [5.74, 6) is -0.478. The Kier molecular flexibility index (Phi) is 6.44. The quantitative estimate of drug-likeness (QED) is 0.300. The van der Waals surface area contributed by atoms with Crippen LogP contribution in [-0.2, 0) is 11.3 Å². The van der Waals surface area contributed by atoms with Crippen molar-refractivity contribution in [2.45, 2.75) is 32.5 Å². The number of aliphatic hydroxyl groups excluding tert-OH is 1. The summed E-state index contributed by atoms with van der Waals surface area (Å²) in [6.45, 7) is 4.03. The first-order valence-electron chi connectivity index (χ1n) is 12.0. The van der Waals surface area contributed by atoms with E-state index in [1.54, 1.807) is 43.5 Å². The van der Waals surface area contributed by atoms with Gasteiger partial charge < -0.3 is 23.9 Å². The second-order valence-electron chi connectivity index (χ2n) is 9.17. The molecule has 0 bridgehead atoms. The van der Waals surface area contributed by atoms with E-state index < -0.39 is 23.5 Å². The fraction of sp³-hybridized carbons (Fsp3) is 0.200. The number of fused-ring (bicyclic) bond motifs is 1. The number of rotatable bonds is 8. The van der Waals surface area contributed by atoms with Crippen molar-refractivity contribution in [1.29, 1.82) is 0 Å². The minimum Gasteiger partial charge on any atom is -0.503 e. The number of furan rings is 1. The molecule has 5 rings (SSSR count). The molecule has 1 aliphatic heterocycles. The van der Waals surface area contributed by atoms with Gasteiger partial charge in [0.05, 0.1) is 24.8 Å². The van der Waals surface area contributed by atoms with E-state index in [1.807, 2.05) is 56.3 Å². The normalized spacial score (nSPS) is 15.6. The van der Waals surface area contributed by atoms with Crippen LogP contribution < -0.4 is 9.47 Å². The number of carbonyl (C=O) groups is 2. The number of methoxy groups -OCH3 is 1. The molecule has 7 nitrogen and oxygen atoms in total. The smallest absolute Gasteiger partial charge is 0.290 e. The Morgan fingerprint density at radius 3 is 2.51 bits per heavy atom. The van der Waals surface area contributed by atoms with Gasteiger partial charge in [0.1, 0.15) is 17.1 Å². The maximum absolute atomic E-state index is 13.7. The third-order valence-electron chi connectivity index (χ3n) is 6.23. The molecule has 1 unspecified atom stereocenters. The van der Waals surface area contributed by atoms with Gasteiger partial charge in [-0.05, 0) is 61.4 Å².